The van der Waals surface area contributed by atoms with Gasteiger partial charge in [-0.2, -0.15) is 0 Å². The number of amides is 2. The maximum absolute atomic E-state index is 13.7. The number of nitrogens with one attached hydrogen (secondary N) is 2. The maximum atomic E-state index is 13.7. The second-order valence-corrected chi connectivity index (χ2v) is 15.2. The summed E-state index contributed by atoms with van der Waals surface area (Å²) in [7, 11) is -4.65. The smallest absolute Gasteiger partial charge is 0.311 e. The number of ether oxygens (including phenoxy) is 3. The molecule has 0 aromatic rings. The van der Waals surface area contributed by atoms with Gasteiger partial charge in [-0.1, -0.05) is 60.3 Å². The topological polar surface area (TPSA) is 197 Å². The molecule has 0 saturated carbocycles. The Morgan fingerprint density at radius 1 is 0.875 bits per heavy atom. The predicted octanol–water partition coefficient (Wildman–Crippen LogP) is 4.07. The summed E-state index contributed by atoms with van der Waals surface area (Å²) in [5.74, 6) is -5.28. The van der Waals surface area contributed by atoms with Gasteiger partial charge in [0.1, 0.15) is 13.3 Å². The molecule has 0 aliphatic heterocycles. The SMILES string of the molecule is CCCCOCNC(=O)C(C)CC(CC(C)(CC(CC)C(=O)NC(C)(C)CS(=O)(=O)[O-])C(=O)OCCO)C(=O)OCC(CC)CCCC. The first-order chi connectivity index (χ1) is 22.4. The fourth-order valence-corrected chi connectivity index (χ4v) is 6.57. The Morgan fingerprint density at radius 3 is 2.04 bits per heavy atom. The molecule has 5 atom stereocenters. The molecule has 0 radical (unpaired) electrons. The van der Waals surface area contributed by atoms with E-state index in [1.807, 2.05) is 13.8 Å². The molecule has 0 fully saturated rings. The van der Waals surface area contributed by atoms with Gasteiger partial charge in [-0.3, -0.25) is 19.2 Å². The zero-order valence-electron chi connectivity index (χ0n) is 30.6. The van der Waals surface area contributed by atoms with Crippen LogP contribution >= 0.6 is 0 Å². The van der Waals surface area contributed by atoms with Crippen molar-refractivity contribution in [2.24, 2.45) is 29.1 Å². The molecule has 0 aromatic carbocycles. The van der Waals surface area contributed by atoms with Crippen molar-refractivity contribution in [3.05, 3.63) is 0 Å². The normalized spacial score (nSPS) is 15.8. The van der Waals surface area contributed by atoms with Gasteiger partial charge >= 0.3 is 11.9 Å². The molecule has 48 heavy (non-hydrogen) atoms. The van der Waals surface area contributed by atoms with Crippen LogP contribution in [0.5, 0.6) is 0 Å². The van der Waals surface area contributed by atoms with Gasteiger partial charge in [0.05, 0.1) is 40.4 Å². The van der Waals surface area contributed by atoms with Crippen LogP contribution in [-0.2, 0) is 43.5 Å². The zero-order valence-corrected chi connectivity index (χ0v) is 31.4. The fraction of sp³-hybridized carbons (Fsp3) is 0.882. The largest absolute Gasteiger partial charge is 0.748 e. The van der Waals surface area contributed by atoms with Crippen molar-refractivity contribution < 1.29 is 51.5 Å². The average Bonchev–Trinajstić information content (AvgIpc) is 3.00. The summed E-state index contributed by atoms with van der Waals surface area (Å²) in [6, 6.07) is 0. The third kappa shape index (κ3) is 19.0. The minimum atomic E-state index is -4.65. The van der Waals surface area contributed by atoms with Gasteiger partial charge in [-0.25, -0.2) is 8.42 Å². The first kappa shape index (κ1) is 45.7. The van der Waals surface area contributed by atoms with Gasteiger partial charge < -0.3 is 34.5 Å². The first-order valence-corrected chi connectivity index (χ1v) is 19.0. The summed E-state index contributed by atoms with van der Waals surface area (Å²) in [5, 5.41) is 14.7. The van der Waals surface area contributed by atoms with Crippen LogP contribution in [0.1, 0.15) is 120 Å². The minimum Gasteiger partial charge on any atom is -0.748 e. The molecule has 0 rings (SSSR count). The molecule has 3 N–H and O–H groups in total. The lowest BCUT2D eigenvalue weighted by Crippen LogP contribution is -2.51. The highest BCUT2D eigenvalue weighted by molar-refractivity contribution is 7.85. The average molecular weight is 708 g/mol. The monoisotopic (exact) mass is 707 g/mol. The fourth-order valence-electron chi connectivity index (χ4n) is 5.61. The van der Waals surface area contributed by atoms with Gasteiger partial charge in [0.2, 0.25) is 11.8 Å². The molecule has 0 aliphatic carbocycles. The molecule has 5 unspecified atom stereocenters. The lowest BCUT2D eigenvalue weighted by molar-refractivity contribution is -0.162. The number of carbonyl (C=O) groups excluding carboxylic acids is 4. The number of unbranched alkanes of at least 4 members (excludes halogenated alkanes) is 2. The Bertz CT molecular complexity index is 1080. The van der Waals surface area contributed by atoms with E-state index in [0.29, 0.717) is 6.61 Å². The molecule has 13 nitrogen and oxygen atoms in total. The van der Waals surface area contributed by atoms with Gasteiger partial charge in [-0.15, -0.1) is 0 Å². The number of aliphatic hydroxyl groups excluding tert-OH is 1. The van der Waals surface area contributed by atoms with Gasteiger partial charge in [0.25, 0.3) is 0 Å². The van der Waals surface area contributed by atoms with E-state index in [2.05, 4.69) is 17.6 Å². The lowest BCUT2D eigenvalue weighted by Gasteiger charge is -2.35. The second-order valence-electron chi connectivity index (χ2n) is 13.8. The third-order valence-corrected chi connectivity index (χ3v) is 9.56. The van der Waals surface area contributed by atoms with Crippen LogP contribution in [0.15, 0.2) is 0 Å². The number of rotatable bonds is 27. The van der Waals surface area contributed by atoms with E-state index in [1.54, 1.807) is 20.8 Å². The van der Waals surface area contributed by atoms with Crippen molar-refractivity contribution in [1.82, 2.24) is 10.6 Å². The molecule has 0 aliphatic rings. The highest BCUT2D eigenvalue weighted by atomic mass is 32.2. The molecule has 0 aromatic heterocycles. The van der Waals surface area contributed by atoms with Crippen molar-refractivity contribution >= 4 is 33.9 Å². The second kappa shape index (κ2) is 23.2. The third-order valence-electron chi connectivity index (χ3n) is 8.49. The molecule has 0 heterocycles. The molecule has 0 bridgehead atoms. The summed E-state index contributed by atoms with van der Waals surface area (Å²) < 4.78 is 50.8. The summed E-state index contributed by atoms with van der Waals surface area (Å²) in [6.45, 7) is 13.9. The van der Waals surface area contributed by atoms with E-state index in [1.165, 1.54) is 13.8 Å². The van der Waals surface area contributed by atoms with E-state index in [9.17, 15) is 37.3 Å². The zero-order chi connectivity index (χ0) is 37.0. The number of hydrogen-bond donors (Lipinski definition) is 3. The van der Waals surface area contributed by atoms with E-state index in [4.69, 9.17) is 14.2 Å². The predicted molar refractivity (Wildman–Crippen MR) is 181 cm³/mol. The highest BCUT2D eigenvalue weighted by Crippen LogP contribution is 2.39. The van der Waals surface area contributed by atoms with Crippen LogP contribution in [-0.4, -0.2) is 86.3 Å². The van der Waals surface area contributed by atoms with E-state index < -0.39 is 69.0 Å². The first-order valence-electron chi connectivity index (χ1n) is 17.4. The number of esters is 2. The van der Waals surface area contributed by atoms with Crippen molar-refractivity contribution in [3.8, 4) is 0 Å². The Kier molecular flexibility index (Phi) is 22.1. The van der Waals surface area contributed by atoms with Gasteiger partial charge in [0, 0.05) is 24.0 Å². The van der Waals surface area contributed by atoms with E-state index in [0.717, 1.165) is 38.5 Å². The molecule has 0 spiro atoms. The summed E-state index contributed by atoms with van der Waals surface area (Å²) in [5.41, 5.74) is -2.82. The molecular weight excluding hydrogens is 644 g/mol. The molecule has 2 amide bonds. The maximum Gasteiger partial charge on any atom is 0.311 e. The number of hydrogen-bond acceptors (Lipinski definition) is 11. The Balaban J connectivity index is 6.33. The Labute approximate surface area is 288 Å². The molecule has 282 valence electrons. The van der Waals surface area contributed by atoms with Gasteiger partial charge in [-0.05, 0) is 65.2 Å². The molecule has 14 heteroatoms. The van der Waals surface area contributed by atoms with Crippen LogP contribution in [0.2, 0.25) is 0 Å². The van der Waals surface area contributed by atoms with E-state index >= 15 is 0 Å². The molecular formula is C34H63N2O11S-. The highest BCUT2D eigenvalue weighted by Gasteiger charge is 2.44. The Morgan fingerprint density at radius 2 is 1.50 bits per heavy atom. The summed E-state index contributed by atoms with van der Waals surface area (Å²) in [4.78, 5) is 53.6. The van der Waals surface area contributed by atoms with Crippen molar-refractivity contribution in [3.63, 3.8) is 0 Å². The van der Waals surface area contributed by atoms with Crippen LogP contribution in [0.3, 0.4) is 0 Å². The van der Waals surface area contributed by atoms with Crippen LogP contribution in [0, 0.1) is 29.1 Å². The Hall–Kier alpha value is -2.29. The quantitative estimate of drug-likeness (QED) is 0.0482. The summed E-state index contributed by atoms with van der Waals surface area (Å²) in [6.07, 6.45) is 5.59. The standard InChI is InChI=1S/C34H64N2O11S/c1-9-13-15-26(11-3)22-47-31(40)28(19-25(5)29(38)35-24-45-17-14-10-2)21-34(8,32(41)46-18-16-37)20-27(12-4)30(39)36-33(6,7)23-48(42,43)44/h25-28,37H,9-24H2,1-8H3,(H,35,38)(H,36,39)(H,42,43,44)/p-1. The van der Waals surface area contributed by atoms with Crippen LogP contribution < -0.4 is 10.6 Å². The van der Waals surface area contributed by atoms with Gasteiger partial charge in [0.15, 0.2) is 0 Å². The van der Waals surface area contributed by atoms with Crippen molar-refractivity contribution in [1.29, 1.82) is 0 Å². The van der Waals surface area contributed by atoms with Crippen molar-refractivity contribution in [2.75, 3.05) is 38.9 Å². The van der Waals surface area contributed by atoms with Crippen LogP contribution in [0.25, 0.3) is 0 Å². The summed E-state index contributed by atoms with van der Waals surface area (Å²) >= 11 is 0. The van der Waals surface area contributed by atoms with Crippen molar-refractivity contribution in [2.45, 2.75) is 125 Å². The number of carbonyl (C=O) groups is 4. The number of aliphatic hydroxyl groups is 1. The van der Waals surface area contributed by atoms with Crippen LogP contribution in [0.4, 0.5) is 0 Å². The lowest BCUT2D eigenvalue weighted by atomic mass is 9.72. The minimum absolute atomic E-state index is 0.0242. The molecule has 0 saturated heterocycles. The van der Waals surface area contributed by atoms with E-state index in [-0.39, 0.29) is 57.5 Å².